The summed E-state index contributed by atoms with van der Waals surface area (Å²) >= 11 is 1.73. The van der Waals surface area contributed by atoms with Crippen molar-refractivity contribution in [3.63, 3.8) is 0 Å². The van der Waals surface area contributed by atoms with Gasteiger partial charge in [-0.15, -0.1) is 0 Å². The summed E-state index contributed by atoms with van der Waals surface area (Å²) in [6.07, 6.45) is 1.69. The SMILES string of the molecule is Cc1cc(-c2cnc3cccc(-c4ccc(C(O)(O)N5CCSCC5)c(F)c4)c3n2)ccc1C(=O)N1CCOCC1. The first-order chi connectivity index (χ1) is 19.8. The van der Waals surface area contributed by atoms with E-state index < -0.39 is 11.7 Å². The van der Waals surface area contributed by atoms with Gasteiger partial charge in [-0.05, 0) is 48.4 Å². The lowest BCUT2D eigenvalue weighted by molar-refractivity contribution is -0.274. The van der Waals surface area contributed by atoms with E-state index in [1.807, 2.05) is 43.3 Å². The Hall–Kier alpha value is -3.41. The fourth-order valence-corrected chi connectivity index (χ4v) is 6.31. The summed E-state index contributed by atoms with van der Waals surface area (Å²) in [5.74, 6) is -1.59. The van der Waals surface area contributed by atoms with Crippen LogP contribution in [-0.4, -0.2) is 86.8 Å². The number of fused-ring (bicyclic) bond motifs is 1. The van der Waals surface area contributed by atoms with Gasteiger partial charge in [0.25, 0.3) is 11.8 Å². The number of rotatable bonds is 5. The molecule has 0 bridgehead atoms. The molecular formula is C31H31FN4O4S. The summed E-state index contributed by atoms with van der Waals surface area (Å²) in [5.41, 5.74) is 5.22. The van der Waals surface area contributed by atoms with Gasteiger partial charge in [0.15, 0.2) is 0 Å². The Balaban J connectivity index is 1.32. The predicted molar refractivity (Wildman–Crippen MR) is 157 cm³/mol. The maximum atomic E-state index is 15.4. The van der Waals surface area contributed by atoms with Gasteiger partial charge in [0.05, 0.1) is 41.7 Å². The molecule has 2 aliphatic heterocycles. The molecular weight excluding hydrogens is 543 g/mol. The molecule has 212 valence electrons. The summed E-state index contributed by atoms with van der Waals surface area (Å²) in [6.45, 7) is 5.08. The first kappa shape index (κ1) is 27.7. The molecule has 2 aliphatic rings. The second-order valence-corrected chi connectivity index (χ2v) is 11.5. The molecule has 3 heterocycles. The third-order valence-electron chi connectivity index (χ3n) is 7.72. The van der Waals surface area contributed by atoms with E-state index in [2.05, 4.69) is 4.98 Å². The second-order valence-electron chi connectivity index (χ2n) is 10.3. The molecule has 8 nitrogen and oxygen atoms in total. The Morgan fingerprint density at radius 3 is 2.49 bits per heavy atom. The van der Waals surface area contributed by atoms with Crippen LogP contribution in [0.4, 0.5) is 4.39 Å². The van der Waals surface area contributed by atoms with Crippen LogP contribution in [0.15, 0.2) is 60.8 Å². The minimum absolute atomic E-state index is 0.0105. The zero-order valence-electron chi connectivity index (χ0n) is 22.7. The lowest BCUT2D eigenvalue weighted by atomic mass is 9.99. The number of ether oxygens (including phenoxy) is 1. The molecule has 3 aromatic carbocycles. The quantitative estimate of drug-likeness (QED) is 0.345. The van der Waals surface area contributed by atoms with Crippen LogP contribution in [0.25, 0.3) is 33.4 Å². The Morgan fingerprint density at radius 2 is 1.76 bits per heavy atom. The number of halogens is 1. The molecule has 0 radical (unpaired) electrons. The largest absolute Gasteiger partial charge is 0.378 e. The summed E-state index contributed by atoms with van der Waals surface area (Å²) < 4.78 is 20.8. The van der Waals surface area contributed by atoms with Crippen LogP contribution in [-0.2, 0) is 10.6 Å². The van der Waals surface area contributed by atoms with Crippen LogP contribution < -0.4 is 0 Å². The van der Waals surface area contributed by atoms with E-state index in [1.165, 1.54) is 17.0 Å². The van der Waals surface area contributed by atoms with Gasteiger partial charge in [-0.25, -0.2) is 14.3 Å². The van der Waals surface area contributed by atoms with Crippen LogP contribution in [0, 0.1) is 12.7 Å². The van der Waals surface area contributed by atoms with Crippen molar-refractivity contribution in [2.45, 2.75) is 12.8 Å². The third-order valence-corrected chi connectivity index (χ3v) is 8.66. The molecule has 6 rings (SSSR count). The van der Waals surface area contributed by atoms with Crippen LogP contribution >= 0.6 is 11.8 Å². The van der Waals surface area contributed by atoms with Crippen LogP contribution in [0.1, 0.15) is 21.5 Å². The number of nitrogens with zero attached hydrogens (tertiary/aromatic N) is 4. The van der Waals surface area contributed by atoms with Gasteiger partial charge in [0, 0.05) is 54.4 Å². The summed E-state index contributed by atoms with van der Waals surface area (Å²) in [5, 5.41) is 21.6. The van der Waals surface area contributed by atoms with Crippen molar-refractivity contribution < 1.29 is 24.1 Å². The smallest absolute Gasteiger partial charge is 0.256 e. The third kappa shape index (κ3) is 5.45. The number of carbonyl (C=O) groups is 1. The van der Waals surface area contributed by atoms with E-state index in [-0.39, 0.29) is 11.5 Å². The highest BCUT2D eigenvalue weighted by Crippen LogP contribution is 2.33. The van der Waals surface area contributed by atoms with Gasteiger partial charge in [0.1, 0.15) is 5.82 Å². The zero-order valence-corrected chi connectivity index (χ0v) is 23.5. The summed E-state index contributed by atoms with van der Waals surface area (Å²) in [4.78, 5) is 25.8. The molecule has 0 unspecified atom stereocenters. The van der Waals surface area contributed by atoms with Gasteiger partial charge in [-0.3, -0.25) is 9.78 Å². The number of aryl methyl sites for hydroxylation is 1. The number of benzene rings is 3. The first-order valence-corrected chi connectivity index (χ1v) is 14.8. The minimum atomic E-state index is -2.39. The van der Waals surface area contributed by atoms with Crippen LogP contribution in [0.5, 0.6) is 0 Å². The number of amides is 1. The number of morpholine rings is 1. The van der Waals surface area contributed by atoms with Gasteiger partial charge in [-0.1, -0.05) is 24.3 Å². The molecule has 2 fully saturated rings. The number of aliphatic hydroxyl groups is 2. The zero-order chi connectivity index (χ0) is 28.6. The highest BCUT2D eigenvalue weighted by molar-refractivity contribution is 7.99. The molecule has 0 saturated carbocycles. The van der Waals surface area contributed by atoms with Crippen molar-refractivity contribution in [1.29, 1.82) is 0 Å². The number of hydrogen-bond donors (Lipinski definition) is 2. The monoisotopic (exact) mass is 574 g/mol. The van der Waals surface area contributed by atoms with Crippen molar-refractivity contribution in [1.82, 2.24) is 19.8 Å². The van der Waals surface area contributed by atoms with E-state index in [1.54, 1.807) is 28.9 Å². The Kier molecular flexibility index (Phi) is 7.76. The summed E-state index contributed by atoms with van der Waals surface area (Å²) in [6, 6.07) is 15.6. The molecule has 1 aromatic heterocycles. The molecule has 0 aliphatic carbocycles. The van der Waals surface area contributed by atoms with Gasteiger partial charge < -0.3 is 19.8 Å². The maximum absolute atomic E-state index is 15.4. The average molecular weight is 575 g/mol. The first-order valence-electron chi connectivity index (χ1n) is 13.6. The summed E-state index contributed by atoms with van der Waals surface area (Å²) in [7, 11) is 0. The number of carbonyl (C=O) groups excluding carboxylic acids is 1. The van der Waals surface area contributed by atoms with Gasteiger partial charge >= 0.3 is 0 Å². The topological polar surface area (TPSA) is 99.0 Å². The van der Waals surface area contributed by atoms with Crippen molar-refractivity contribution in [2.24, 2.45) is 0 Å². The number of hydrogen-bond acceptors (Lipinski definition) is 8. The number of para-hydroxylation sites is 1. The molecule has 41 heavy (non-hydrogen) atoms. The number of aromatic nitrogens is 2. The molecule has 0 atom stereocenters. The lowest BCUT2D eigenvalue weighted by Crippen LogP contribution is -2.50. The molecule has 2 N–H and O–H groups in total. The fourth-order valence-electron chi connectivity index (χ4n) is 5.40. The average Bonchev–Trinajstić information content (AvgIpc) is 3.01. The van der Waals surface area contributed by atoms with Crippen molar-refractivity contribution >= 4 is 28.7 Å². The van der Waals surface area contributed by atoms with Crippen molar-refractivity contribution in [2.75, 3.05) is 50.9 Å². The molecule has 10 heteroatoms. The maximum Gasteiger partial charge on any atom is 0.256 e. The molecule has 1 amide bonds. The fraction of sp³-hybridized carbons (Fsp3) is 0.323. The highest BCUT2D eigenvalue weighted by atomic mass is 32.2. The highest BCUT2D eigenvalue weighted by Gasteiger charge is 2.37. The standard InChI is InChI=1S/C31H31FN4O4S/c1-20-17-22(5-7-23(20)30(37)35-9-13-40-14-10-35)28-19-33-27-4-2-3-24(29(27)34-28)21-6-8-25(26(32)18-21)31(38,39)36-11-15-41-16-12-36/h2-8,17-19,38-39H,9-16H2,1H3. The van der Waals surface area contributed by atoms with E-state index in [0.717, 1.165) is 22.6 Å². The van der Waals surface area contributed by atoms with Crippen LogP contribution in [0.2, 0.25) is 0 Å². The van der Waals surface area contributed by atoms with Crippen molar-refractivity contribution in [3.8, 4) is 22.4 Å². The Morgan fingerprint density at radius 1 is 1.00 bits per heavy atom. The van der Waals surface area contributed by atoms with Crippen LogP contribution in [0.3, 0.4) is 0 Å². The minimum Gasteiger partial charge on any atom is -0.378 e. The van der Waals surface area contributed by atoms with E-state index in [9.17, 15) is 15.0 Å². The number of thioether (sulfide) groups is 1. The van der Waals surface area contributed by atoms with E-state index >= 15 is 4.39 Å². The lowest BCUT2D eigenvalue weighted by Gasteiger charge is -2.37. The second kappa shape index (κ2) is 11.5. The van der Waals surface area contributed by atoms with Gasteiger partial charge in [-0.2, -0.15) is 11.8 Å². The Labute approximate surface area is 241 Å². The molecule has 2 saturated heterocycles. The van der Waals surface area contributed by atoms with Gasteiger partial charge in [0.2, 0.25) is 0 Å². The van der Waals surface area contributed by atoms with Crippen molar-refractivity contribution in [3.05, 3.63) is 83.3 Å². The molecule has 0 spiro atoms. The van der Waals surface area contributed by atoms with E-state index in [4.69, 9.17) is 9.72 Å². The predicted octanol–water partition coefficient (Wildman–Crippen LogP) is 4.03. The Bertz CT molecular complexity index is 1600. The molecule has 4 aromatic rings. The van der Waals surface area contributed by atoms with E-state index in [0.29, 0.717) is 72.8 Å². The normalized spacial score (nSPS) is 16.7.